The molecule has 0 unspecified atom stereocenters. The van der Waals surface area contributed by atoms with E-state index < -0.39 is 15.8 Å². The monoisotopic (exact) mass is 305 g/mol. The summed E-state index contributed by atoms with van der Waals surface area (Å²) in [5, 5.41) is -0.0678. The first-order chi connectivity index (χ1) is 8.66. The van der Waals surface area contributed by atoms with Crippen molar-refractivity contribution in [2.45, 2.75) is 31.1 Å². The van der Waals surface area contributed by atoms with Gasteiger partial charge in [-0.25, -0.2) is 17.8 Å². The smallest absolute Gasteiger partial charge is 0.212 e. The molecule has 104 valence electrons. The predicted molar refractivity (Wildman–Crippen MR) is 70.9 cm³/mol. The van der Waals surface area contributed by atoms with E-state index in [1.807, 2.05) is 20.8 Å². The van der Waals surface area contributed by atoms with E-state index in [0.717, 1.165) is 0 Å². The predicted octanol–water partition coefficient (Wildman–Crippen LogP) is 3.48. The van der Waals surface area contributed by atoms with Crippen molar-refractivity contribution >= 4 is 32.5 Å². The van der Waals surface area contributed by atoms with Crippen LogP contribution in [0.15, 0.2) is 21.4 Å². The van der Waals surface area contributed by atoms with Crippen LogP contribution in [0.2, 0.25) is 5.02 Å². The van der Waals surface area contributed by atoms with Gasteiger partial charge in [0.15, 0.2) is 11.6 Å². The van der Waals surface area contributed by atoms with Gasteiger partial charge in [-0.1, -0.05) is 32.4 Å². The average molecular weight is 306 g/mol. The van der Waals surface area contributed by atoms with Gasteiger partial charge < -0.3 is 4.42 Å². The quantitative estimate of drug-likeness (QED) is 0.852. The number of hydrogen-bond donors (Lipinski definition) is 0. The lowest BCUT2D eigenvalue weighted by atomic mass is 9.97. The normalized spacial score (nSPS) is 13.1. The minimum atomic E-state index is -4.12. The molecule has 0 atom stereocenters. The van der Waals surface area contributed by atoms with Crippen LogP contribution >= 0.6 is 11.6 Å². The largest absolute Gasteiger partial charge is 0.439 e. The zero-order valence-electron chi connectivity index (χ0n) is 10.7. The Bertz CT molecular complexity index is 731. The fourth-order valence-electron chi connectivity index (χ4n) is 1.61. The van der Waals surface area contributed by atoms with Gasteiger partial charge in [-0.3, -0.25) is 0 Å². The first kappa shape index (κ1) is 14.3. The van der Waals surface area contributed by atoms with Crippen LogP contribution in [0.3, 0.4) is 0 Å². The molecule has 19 heavy (non-hydrogen) atoms. The molecule has 0 spiro atoms. The van der Waals surface area contributed by atoms with Gasteiger partial charge in [0.1, 0.15) is 10.4 Å². The van der Waals surface area contributed by atoms with E-state index in [4.69, 9.17) is 16.0 Å². The van der Waals surface area contributed by atoms with E-state index in [1.165, 1.54) is 6.07 Å². The number of hydrogen-bond acceptors (Lipinski definition) is 4. The van der Waals surface area contributed by atoms with Crippen molar-refractivity contribution in [3.63, 3.8) is 0 Å². The van der Waals surface area contributed by atoms with Crippen LogP contribution in [0.25, 0.3) is 11.1 Å². The van der Waals surface area contributed by atoms with Crippen molar-refractivity contribution in [1.82, 2.24) is 4.98 Å². The summed E-state index contributed by atoms with van der Waals surface area (Å²) in [6, 6.07) is 1.40. The molecule has 0 aliphatic heterocycles. The fraction of sp³-hybridized carbons (Fsp3) is 0.417. The highest BCUT2D eigenvalue weighted by molar-refractivity contribution is 7.91. The molecule has 0 saturated heterocycles. The van der Waals surface area contributed by atoms with Crippen LogP contribution in [0, 0.1) is 0 Å². The summed E-state index contributed by atoms with van der Waals surface area (Å²) in [6.45, 7) is 5.63. The van der Waals surface area contributed by atoms with Crippen LogP contribution in [0.5, 0.6) is 0 Å². The summed E-state index contributed by atoms with van der Waals surface area (Å²) in [7, 11) is -4.12. The number of nitrogens with zero attached hydrogens (tertiary/aromatic N) is 1. The van der Waals surface area contributed by atoms with Crippen LogP contribution < -0.4 is 0 Å². The molecule has 0 fully saturated rings. The van der Waals surface area contributed by atoms with E-state index in [1.54, 1.807) is 6.07 Å². The maximum Gasteiger partial charge on any atom is 0.212 e. The Morgan fingerprint density at radius 2 is 2.00 bits per heavy atom. The highest BCUT2D eigenvalue weighted by atomic mass is 35.5. The standard InChI is InChI=1S/C12H13ClFNO3S/c1-12(2,3)11-15-8-5-4-7(13)10(9(8)18-11)19(16,17)6-14/h4-5H,6H2,1-3H3. The molecule has 7 heteroatoms. The summed E-state index contributed by atoms with van der Waals surface area (Å²) in [4.78, 5) is 3.89. The first-order valence-corrected chi connectivity index (χ1v) is 7.58. The first-order valence-electron chi connectivity index (χ1n) is 5.55. The number of rotatable bonds is 2. The molecule has 0 saturated carbocycles. The number of alkyl halides is 1. The van der Waals surface area contributed by atoms with Crippen molar-refractivity contribution in [1.29, 1.82) is 0 Å². The molecule has 2 rings (SSSR count). The number of aromatic nitrogens is 1. The maximum absolute atomic E-state index is 12.7. The molecule has 0 bridgehead atoms. The highest BCUT2D eigenvalue weighted by Gasteiger charge is 2.27. The van der Waals surface area contributed by atoms with Gasteiger partial charge >= 0.3 is 0 Å². The summed E-state index contributed by atoms with van der Waals surface area (Å²) in [6.07, 6.45) is 0. The molecule has 4 nitrogen and oxygen atoms in total. The van der Waals surface area contributed by atoms with Crippen molar-refractivity contribution in [2.24, 2.45) is 0 Å². The molecule has 1 heterocycles. The van der Waals surface area contributed by atoms with Crippen LogP contribution in [0.4, 0.5) is 4.39 Å². The zero-order valence-corrected chi connectivity index (χ0v) is 12.3. The van der Waals surface area contributed by atoms with Crippen molar-refractivity contribution in [3.05, 3.63) is 23.0 Å². The summed E-state index contributed by atoms with van der Waals surface area (Å²) in [5.74, 6) is 0.375. The maximum atomic E-state index is 12.7. The van der Waals surface area contributed by atoms with Gasteiger partial charge in [-0.05, 0) is 12.1 Å². The molecule has 1 aromatic carbocycles. The number of fused-ring (bicyclic) bond motifs is 1. The van der Waals surface area contributed by atoms with E-state index in [9.17, 15) is 12.8 Å². The zero-order chi connectivity index (χ0) is 14.4. The molecule has 0 N–H and O–H groups in total. The second kappa shape index (κ2) is 4.45. The minimum Gasteiger partial charge on any atom is -0.439 e. The fourth-order valence-corrected chi connectivity index (χ4v) is 3.01. The number of sulfone groups is 1. The van der Waals surface area contributed by atoms with E-state index in [-0.39, 0.29) is 20.9 Å². The molecule has 0 radical (unpaired) electrons. The topological polar surface area (TPSA) is 60.2 Å². The second-order valence-corrected chi connectivity index (χ2v) is 7.48. The lowest BCUT2D eigenvalue weighted by molar-refractivity contribution is 0.408. The van der Waals surface area contributed by atoms with Gasteiger partial charge in [0.2, 0.25) is 15.7 Å². The van der Waals surface area contributed by atoms with Crippen molar-refractivity contribution in [3.8, 4) is 0 Å². The molecular formula is C12H13ClFNO3S. The summed E-state index contributed by atoms with van der Waals surface area (Å²) < 4.78 is 41.7. The molecule has 2 aromatic rings. The average Bonchev–Trinajstić information content (AvgIpc) is 2.71. The lowest BCUT2D eigenvalue weighted by Gasteiger charge is -2.11. The number of halogens is 2. The Balaban J connectivity index is 2.84. The van der Waals surface area contributed by atoms with Gasteiger partial charge in [0, 0.05) is 5.41 Å². The van der Waals surface area contributed by atoms with Crippen molar-refractivity contribution < 1.29 is 17.2 Å². The molecule has 0 aliphatic carbocycles. The van der Waals surface area contributed by atoms with Gasteiger partial charge in [0.05, 0.1) is 5.02 Å². The van der Waals surface area contributed by atoms with Crippen LogP contribution in [-0.2, 0) is 15.3 Å². The second-order valence-electron chi connectivity index (χ2n) is 5.22. The molecule has 0 aliphatic rings. The molecule has 1 aromatic heterocycles. The van der Waals surface area contributed by atoms with Gasteiger partial charge in [0.25, 0.3) is 0 Å². The van der Waals surface area contributed by atoms with Crippen LogP contribution in [-0.4, -0.2) is 19.4 Å². The Labute approximate surface area is 115 Å². The van der Waals surface area contributed by atoms with E-state index in [2.05, 4.69) is 4.98 Å². The molecular weight excluding hydrogens is 293 g/mol. The van der Waals surface area contributed by atoms with E-state index >= 15 is 0 Å². The third-order valence-electron chi connectivity index (χ3n) is 2.56. The summed E-state index contributed by atoms with van der Waals surface area (Å²) >= 11 is 5.86. The lowest BCUT2D eigenvalue weighted by Crippen LogP contribution is -2.11. The third kappa shape index (κ3) is 2.47. The van der Waals surface area contributed by atoms with Crippen molar-refractivity contribution in [2.75, 3.05) is 6.01 Å². The third-order valence-corrected chi connectivity index (χ3v) is 4.30. The van der Waals surface area contributed by atoms with Crippen LogP contribution in [0.1, 0.15) is 26.7 Å². The SMILES string of the molecule is CC(C)(C)c1nc2ccc(Cl)c(S(=O)(=O)CF)c2o1. The summed E-state index contributed by atoms with van der Waals surface area (Å²) in [5.41, 5.74) is -0.0289. The number of oxazole rings is 1. The minimum absolute atomic E-state index is 0.00933. The molecule has 0 amide bonds. The van der Waals surface area contributed by atoms with Gasteiger partial charge in [-0.15, -0.1) is 0 Å². The Morgan fingerprint density at radius 3 is 2.53 bits per heavy atom. The Morgan fingerprint density at radius 1 is 1.37 bits per heavy atom. The number of benzene rings is 1. The van der Waals surface area contributed by atoms with Gasteiger partial charge in [-0.2, -0.15) is 0 Å². The Hall–Kier alpha value is -1.14. The van der Waals surface area contributed by atoms with E-state index in [0.29, 0.717) is 11.4 Å². The highest BCUT2D eigenvalue weighted by Crippen LogP contribution is 2.34. The Kier molecular flexibility index (Phi) is 3.35.